The molecule has 3 heterocycles. The fourth-order valence-electron chi connectivity index (χ4n) is 2.23. The number of fused-ring (bicyclic) bond motifs is 1. The largest absolute Gasteiger partial charge is 0.378 e. The van der Waals surface area contributed by atoms with Crippen LogP contribution in [-0.2, 0) is 11.3 Å². The number of hydrogen-bond acceptors (Lipinski definition) is 6. The number of rotatable bonds is 6. The summed E-state index contributed by atoms with van der Waals surface area (Å²) >= 11 is 1.75. The van der Waals surface area contributed by atoms with E-state index >= 15 is 0 Å². The molecular weight excluding hydrogens is 286 g/mol. The average molecular weight is 303 g/mol. The molecule has 0 spiro atoms. The van der Waals surface area contributed by atoms with E-state index in [0.29, 0.717) is 12.4 Å². The Balaban J connectivity index is 1.96. The van der Waals surface area contributed by atoms with Crippen LogP contribution in [0.3, 0.4) is 0 Å². The summed E-state index contributed by atoms with van der Waals surface area (Å²) in [4.78, 5) is 9.88. The molecule has 0 aliphatic carbocycles. The number of ether oxygens (including phenoxy) is 1. The van der Waals surface area contributed by atoms with E-state index in [9.17, 15) is 0 Å². The topological polar surface area (TPSA) is 64.3 Å². The predicted molar refractivity (Wildman–Crippen MR) is 82.5 cm³/mol. The highest BCUT2D eigenvalue weighted by Crippen LogP contribution is 2.26. The van der Waals surface area contributed by atoms with Gasteiger partial charge < -0.3 is 10.1 Å². The van der Waals surface area contributed by atoms with Crippen molar-refractivity contribution >= 4 is 22.9 Å². The second-order valence-electron chi connectivity index (χ2n) is 4.66. The lowest BCUT2D eigenvalue weighted by Gasteiger charge is -2.17. The van der Waals surface area contributed by atoms with Gasteiger partial charge in [-0.2, -0.15) is 14.6 Å². The lowest BCUT2D eigenvalue weighted by atomic mass is 10.2. The fourth-order valence-corrected chi connectivity index (χ4v) is 3.09. The summed E-state index contributed by atoms with van der Waals surface area (Å²) in [6.45, 7) is 2.61. The van der Waals surface area contributed by atoms with Gasteiger partial charge in [0.05, 0.1) is 18.3 Å². The maximum Gasteiger partial charge on any atom is 0.254 e. The molecule has 0 amide bonds. The summed E-state index contributed by atoms with van der Waals surface area (Å²) in [7, 11) is 1.66. The minimum atomic E-state index is 0.246. The number of aromatic nitrogens is 4. The molecule has 0 saturated heterocycles. The quantitative estimate of drug-likeness (QED) is 0.758. The molecule has 3 aromatic heterocycles. The van der Waals surface area contributed by atoms with Gasteiger partial charge in [-0.15, -0.1) is 11.3 Å². The van der Waals surface area contributed by atoms with Gasteiger partial charge in [0.1, 0.15) is 12.1 Å². The standard InChI is InChI=1S/C14H17N5OS/c1-3-11(12-5-4-6-21-12)18-13-7-10(8-20-2)17-14-15-9-16-19(13)14/h4-7,9,11,18H,3,8H2,1-2H3. The predicted octanol–water partition coefficient (Wildman–Crippen LogP) is 2.90. The van der Waals surface area contributed by atoms with Crippen LogP contribution < -0.4 is 5.32 Å². The average Bonchev–Trinajstić information content (AvgIpc) is 3.15. The second-order valence-corrected chi connectivity index (χ2v) is 5.64. The van der Waals surface area contributed by atoms with E-state index in [2.05, 4.69) is 44.8 Å². The summed E-state index contributed by atoms with van der Waals surface area (Å²) in [5.74, 6) is 1.46. The first-order valence-corrected chi connectivity index (χ1v) is 7.68. The van der Waals surface area contributed by atoms with Gasteiger partial charge in [-0.25, -0.2) is 4.98 Å². The third kappa shape index (κ3) is 2.88. The molecule has 110 valence electrons. The first-order chi connectivity index (χ1) is 10.3. The maximum absolute atomic E-state index is 5.17. The normalized spacial score (nSPS) is 12.7. The smallest absolute Gasteiger partial charge is 0.254 e. The van der Waals surface area contributed by atoms with Crippen LogP contribution in [0.4, 0.5) is 5.82 Å². The molecule has 0 bridgehead atoms. The zero-order valence-corrected chi connectivity index (χ0v) is 12.8. The SMILES string of the molecule is CCC(Nc1cc(COC)nc2ncnn12)c1cccs1. The molecule has 0 aromatic carbocycles. The number of anilines is 1. The van der Waals surface area contributed by atoms with Gasteiger partial charge in [0.2, 0.25) is 0 Å². The van der Waals surface area contributed by atoms with E-state index in [-0.39, 0.29) is 6.04 Å². The summed E-state index contributed by atoms with van der Waals surface area (Å²) < 4.78 is 6.88. The Morgan fingerprint density at radius 1 is 1.48 bits per heavy atom. The van der Waals surface area contributed by atoms with Crippen LogP contribution >= 0.6 is 11.3 Å². The van der Waals surface area contributed by atoms with Crippen molar-refractivity contribution in [2.45, 2.75) is 26.0 Å². The van der Waals surface area contributed by atoms with Crippen molar-refractivity contribution in [3.05, 3.63) is 40.5 Å². The van der Waals surface area contributed by atoms with Crippen molar-refractivity contribution in [2.75, 3.05) is 12.4 Å². The molecular formula is C14H17N5OS. The van der Waals surface area contributed by atoms with Gasteiger partial charge in [-0.3, -0.25) is 0 Å². The molecule has 0 radical (unpaired) electrons. The summed E-state index contributed by atoms with van der Waals surface area (Å²) in [6.07, 6.45) is 2.49. The van der Waals surface area contributed by atoms with Crippen molar-refractivity contribution in [3.8, 4) is 0 Å². The Kier molecular flexibility index (Phi) is 4.12. The first-order valence-electron chi connectivity index (χ1n) is 6.80. The second kappa shape index (κ2) is 6.19. The fraction of sp³-hybridized carbons (Fsp3) is 0.357. The summed E-state index contributed by atoms with van der Waals surface area (Å²) in [5, 5.41) is 9.86. The Hall–Kier alpha value is -1.99. The highest BCUT2D eigenvalue weighted by Gasteiger charge is 2.14. The van der Waals surface area contributed by atoms with E-state index in [1.54, 1.807) is 23.0 Å². The Labute approximate surface area is 126 Å². The number of nitrogens with one attached hydrogen (secondary N) is 1. The van der Waals surface area contributed by atoms with Crippen LogP contribution in [0.15, 0.2) is 29.9 Å². The maximum atomic E-state index is 5.17. The lowest BCUT2D eigenvalue weighted by molar-refractivity contribution is 0.181. The van der Waals surface area contributed by atoms with Crippen molar-refractivity contribution < 1.29 is 4.74 Å². The van der Waals surface area contributed by atoms with Crippen LogP contribution in [0.1, 0.15) is 30.0 Å². The van der Waals surface area contributed by atoms with Crippen molar-refractivity contribution in [3.63, 3.8) is 0 Å². The molecule has 1 unspecified atom stereocenters. The van der Waals surface area contributed by atoms with E-state index in [1.165, 1.54) is 11.2 Å². The number of hydrogen-bond donors (Lipinski definition) is 1. The Morgan fingerprint density at radius 2 is 2.38 bits per heavy atom. The zero-order chi connectivity index (χ0) is 14.7. The molecule has 7 heteroatoms. The molecule has 3 aromatic rings. The van der Waals surface area contributed by atoms with E-state index < -0.39 is 0 Å². The summed E-state index contributed by atoms with van der Waals surface area (Å²) in [5.41, 5.74) is 0.835. The third-order valence-corrected chi connectivity index (χ3v) is 4.20. The molecule has 0 fully saturated rings. The van der Waals surface area contributed by atoms with Crippen LogP contribution in [-0.4, -0.2) is 26.7 Å². The van der Waals surface area contributed by atoms with Crippen molar-refractivity contribution in [2.24, 2.45) is 0 Å². The van der Waals surface area contributed by atoms with E-state index in [1.807, 2.05) is 6.07 Å². The monoisotopic (exact) mass is 303 g/mol. The van der Waals surface area contributed by atoms with Gasteiger partial charge in [0.15, 0.2) is 0 Å². The molecule has 1 atom stereocenters. The zero-order valence-electron chi connectivity index (χ0n) is 12.0. The van der Waals surface area contributed by atoms with Crippen LogP contribution in [0, 0.1) is 0 Å². The third-order valence-electron chi connectivity index (χ3n) is 3.21. The van der Waals surface area contributed by atoms with Crippen molar-refractivity contribution in [1.82, 2.24) is 19.6 Å². The molecule has 0 aliphatic heterocycles. The Bertz CT molecular complexity index is 709. The minimum Gasteiger partial charge on any atom is -0.378 e. The van der Waals surface area contributed by atoms with Gasteiger partial charge in [-0.05, 0) is 17.9 Å². The highest BCUT2D eigenvalue weighted by molar-refractivity contribution is 7.10. The molecule has 0 aliphatic rings. The first kappa shape index (κ1) is 14.0. The summed E-state index contributed by atoms with van der Waals surface area (Å²) in [6, 6.07) is 6.41. The molecule has 21 heavy (non-hydrogen) atoms. The van der Waals surface area contributed by atoms with Gasteiger partial charge in [-0.1, -0.05) is 13.0 Å². The highest BCUT2D eigenvalue weighted by atomic mass is 32.1. The lowest BCUT2D eigenvalue weighted by Crippen LogP contribution is -2.13. The van der Waals surface area contributed by atoms with Crippen LogP contribution in [0.25, 0.3) is 5.78 Å². The number of thiophene rings is 1. The van der Waals surface area contributed by atoms with Crippen molar-refractivity contribution in [1.29, 1.82) is 0 Å². The van der Waals surface area contributed by atoms with Gasteiger partial charge >= 0.3 is 0 Å². The number of methoxy groups -OCH3 is 1. The molecule has 3 rings (SSSR count). The Morgan fingerprint density at radius 3 is 3.10 bits per heavy atom. The molecule has 6 nitrogen and oxygen atoms in total. The molecule has 0 saturated carbocycles. The minimum absolute atomic E-state index is 0.246. The van der Waals surface area contributed by atoms with E-state index in [0.717, 1.165) is 17.9 Å². The van der Waals surface area contributed by atoms with Gasteiger partial charge in [0.25, 0.3) is 5.78 Å². The number of nitrogens with zero attached hydrogens (tertiary/aromatic N) is 4. The van der Waals surface area contributed by atoms with Crippen LogP contribution in [0.2, 0.25) is 0 Å². The molecule has 1 N–H and O–H groups in total. The van der Waals surface area contributed by atoms with E-state index in [4.69, 9.17) is 4.74 Å². The van der Waals surface area contributed by atoms with Gasteiger partial charge in [0, 0.05) is 18.1 Å². The van der Waals surface area contributed by atoms with Crippen LogP contribution in [0.5, 0.6) is 0 Å².